The molecule has 22 heavy (non-hydrogen) atoms. The average molecular weight is 296 g/mol. The van der Waals surface area contributed by atoms with E-state index in [1.165, 1.54) is 17.6 Å². The van der Waals surface area contributed by atoms with E-state index in [2.05, 4.69) is 10.1 Å². The van der Waals surface area contributed by atoms with Gasteiger partial charge in [-0.2, -0.15) is 9.61 Å². The lowest BCUT2D eigenvalue weighted by Gasteiger charge is -2.05. The molecule has 0 radical (unpaired) electrons. The Balaban J connectivity index is 2.24. The molecule has 3 aromatic rings. The minimum absolute atomic E-state index is 0.133. The number of anilines is 1. The number of ketones is 1. The number of nitrogens with zero attached hydrogens (tertiary/aromatic N) is 3. The second-order valence-corrected chi connectivity index (χ2v) is 5.04. The predicted molar refractivity (Wildman–Crippen MR) is 84.1 cm³/mol. The summed E-state index contributed by atoms with van der Waals surface area (Å²) in [7, 11) is 1.63. The summed E-state index contributed by atoms with van der Waals surface area (Å²) in [4.78, 5) is 15.9. The molecule has 1 aromatic carbocycles. The molecule has 0 aliphatic rings. The molecule has 2 heterocycles. The fourth-order valence-corrected chi connectivity index (χ4v) is 2.48. The van der Waals surface area contributed by atoms with E-state index in [1.54, 1.807) is 7.11 Å². The highest BCUT2D eigenvalue weighted by Gasteiger charge is 2.17. The molecule has 112 valence electrons. The number of hydrogen-bond donors (Lipinski definition) is 1. The van der Waals surface area contributed by atoms with Gasteiger partial charge >= 0.3 is 0 Å². The number of Topliss-reactive ketones (excluding diaryl/α,β-unsaturated/α-hetero) is 1. The van der Waals surface area contributed by atoms with E-state index in [9.17, 15) is 4.79 Å². The molecule has 2 N–H and O–H groups in total. The molecule has 0 aliphatic carbocycles. The molecule has 0 unspecified atom stereocenters. The van der Waals surface area contributed by atoms with Gasteiger partial charge in [-0.1, -0.05) is 12.1 Å². The maximum Gasteiger partial charge on any atom is 0.165 e. The molecule has 6 heteroatoms. The molecule has 0 spiro atoms. The summed E-state index contributed by atoms with van der Waals surface area (Å²) >= 11 is 0. The van der Waals surface area contributed by atoms with Gasteiger partial charge in [-0.15, -0.1) is 0 Å². The maximum absolute atomic E-state index is 11.6. The van der Waals surface area contributed by atoms with Crippen LogP contribution in [0, 0.1) is 6.92 Å². The van der Waals surface area contributed by atoms with Gasteiger partial charge in [-0.05, 0) is 31.5 Å². The Morgan fingerprint density at radius 2 is 1.95 bits per heavy atom. The van der Waals surface area contributed by atoms with Crippen molar-refractivity contribution in [3.63, 3.8) is 0 Å². The number of hydrogen-bond acceptors (Lipinski definition) is 5. The van der Waals surface area contributed by atoms with E-state index in [1.807, 2.05) is 31.2 Å². The first-order valence-corrected chi connectivity index (χ1v) is 6.82. The number of nitrogens with two attached hydrogens (primary N) is 1. The molecule has 0 aliphatic heterocycles. The second kappa shape index (κ2) is 5.14. The third-order valence-corrected chi connectivity index (χ3v) is 3.61. The van der Waals surface area contributed by atoms with Crippen LogP contribution in [0.5, 0.6) is 5.75 Å². The second-order valence-electron chi connectivity index (χ2n) is 5.04. The molecule has 6 nitrogen and oxygen atoms in total. The molecule has 2 aromatic heterocycles. The summed E-state index contributed by atoms with van der Waals surface area (Å²) < 4.78 is 6.69. The van der Waals surface area contributed by atoms with Crippen LogP contribution in [0.15, 0.2) is 30.5 Å². The summed E-state index contributed by atoms with van der Waals surface area (Å²) in [6, 6.07) is 7.65. The van der Waals surface area contributed by atoms with Gasteiger partial charge in [0.15, 0.2) is 11.4 Å². The molecule has 3 rings (SSSR count). The van der Waals surface area contributed by atoms with Crippen molar-refractivity contribution in [3.05, 3.63) is 41.7 Å². The van der Waals surface area contributed by atoms with E-state index in [0.717, 1.165) is 22.6 Å². The van der Waals surface area contributed by atoms with Crippen molar-refractivity contribution in [2.75, 3.05) is 12.8 Å². The van der Waals surface area contributed by atoms with Crippen LogP contribution in [-0.2, 0) is 0 Å². The Labute approximate surface area is 127 Å². The normalized spacial score (nSPS) is 10.9. The highest BCUT2D eigenvalue weighted by atomic mass is 16.5. The van der Waals surface area contributed by atoms with Crippen LogP contribution < -0.4 is 10.5 Å². The topological polar surface area (TPSA) is 82.5 Å². The molecule has 0 atom stereocenters. The van der Waals surface area contributed by atoms with Crippen LogP contribution in [0.2, 0.25) is 0 Å². The first-order valence-electron chi connectivity index (χ1n) is 6.82. The quantitative estimate of drug-likeness (QED) is 0.751. The van der Waals surface area contributed by atoms with Crippen LogP contribution in [0.25, 0.3) is 16.8 Å². The van der Waals surface area contributed by atoms with Crippen molar-refractivity contribution in [2.24, 2.45) is 0 Å². The fraction of sp³-hybridized carbons (Fsp3) is 0.188. The standard InChI is InChI=1S/C16H16N4O2/c1-9-14(11-4-6-12(22-3)7-5-11)16-18-8-13(10(2)21)15(17)20(16)19-9/h4-8H,17H2,1-3H3. The van der Waals surface area contributed by atoms with Crippen molar-refractivity contribution >= 4 is 17.2 Å². The number of aromatic nitrogens is 3. The number of methoxy groups -OCH3 is 1. The number of nitrogen functional groups attached to an aromatic ring is 1. The van der Waals surface area contributed by atoms with E-state index in [-0.39, 0.29) is 5.78 Å². The Morgan fingerprint density at radius 3 is 2.55 bits per heavy atom. The van der Waals surface area contributed by atoms with Crippen LogP contribution in [-0.4, -0.2) is 27.5 Å². The number of benzene rings is 1. The molecule has 0 fully saturated rings. The maximum atomic E-state index is 11.6. The zero-order valence-corrected chi connectivity index (χ0v) is 12.6. The van der Waals surface area contributed by atoms with Gasteiger partial charge < -0.3 is 10.5 Å². The number of rotatable bonds is 3. The Bertz CT molecular complexity index is 866. The molecule has 0 saturated heterocycles. The lowest BCUT2D eigenvalue weighted by molar-refractivity contribution is 0.101. The highest BCUT2D eigenvalue weighted by Crippen LogP contribution is 2.30. The van der Waals surface area contributed by atoms with Gasteiger partial charge in [0.25, 0.3) is 0 Å². The van der Waals surface area contributed by atoms with Gasteiger partial charge in [0, 0.05) is 11.8 Å². The predicted octanol–water partition coefficient (Wildman–Crippen LogP) is 2.50. The van der Waals surface area contributed by atoms with E-state index >= 15 is 0 Å². The van der Waals surface area contributed by atoms with Crippen molar-refractivity contribution in [1.82, 2.24) is 14.6 Å². The largest absolute Gasteiger partial charge is 0.497 e. The summed E-state index contributed by atoms with van der Waals surface area (Å²) in [5, 5.41) is 4.42. The average Bonchev–Trinajstić information content (AvgIpc) is 2.84. The highest BCUT2D eigenvalue weighted by molar-refractivity contribution is 5.98. The summed E-state index contributed by atoms with van der Waals surface area (Å²) in [5.41, 5.74) is 9.70. The zero-order chi connectivity index (χ0) is 15.9. The minimum Gasteiger partial charge on any atom is -0.497 e. The van der Waals surface area contributed by atoms with Gasteiger partial charge in [-0.25, -0.2) is 4.98 Å². The Hall–Kier alpha value is -2.89. The first kappa shape index (κ1) is 14.1. The summed E-state index contributed by atoms with van der Waals surface area (Å²) in [6.07, 6.45) is 1.50. The molecule has 0 bridgehead atoms. The molecule has 0 amide bonds. The van der Waals surface area contributed by atoms with E-state index in [0.29, 0.717) is 17.0 Å². The number of ether oxygens (including phenoxy) is 1. The first-order chi connectivity index (χ1) is 10.5. The van der Waals surface area contributed by atoms with Gasteiger partial charge in [0.1, 0.15) is 11.6 Å². The van der Waals surface area contributed by atoms with Crippen LogP contribution >= 0.6 is 0 Å². The van der Waals surface area contributed by atoms with Gasteiger partial charge in [0.05, 0.1) is 18.4 Å². The third kappa shape index (κ3) is 2.09. The van der Waals surface area contributed by atoms with Crippen molar-refractivity contribution in [3.8, 4) is 16.9 Å². The van der Waals surface area contributed by atoms with Gasteiger partial charge in [-0.3, -0.25) is 4.79 Å². The Morgan fingerprint density at radius 1 is 1.27 bits per heavy atom. The zero-order valence-electron chi connectivity index (χ0n) is 12.6. The van der Waals surface area contributed by atoms with Crippen LogP contribution in [0.4, 0.5) is 5.82 Å². The molecular formula is C16H16N4O2. The van der Waals surface area contributed by atoms with E-state index < -0.39 is 0 Å². The Kier molecular flexibility index (Phi) is 3.29. The third-order valence-electron chi connectivity index (χ3n) is 3.61. The van der Waals surface area contributed by atoms with E-state index in [4.69, 9.17) is 10.5 Å². The van der Waals surface area contributed by atoms with Gasteiger partial charge in [0.2, 0.25) is 0 Å². The number of carbonyl (C=O) groups excluding carboxylic acids is 1. The van der Waals surface area contributed by atoms with Crippen LogP contribution in [0.3, 0.4) is 0 Å². The lowest BCUT2D eigenvalue weighted by Crippen LogP contribution is -2.08. The van der Waals surface area contributed by atoms with Crippen molar-refractivity contribution in [2.45, 2.75) is 13.8 Å². The summed E-state index contributed by atoms with van der Waals surface area (Å²) in [6.45, 7) is 3.35. The van der Waals surface area contributed by atoms with Crippen molar-refractivity contribution in [1.29, 1.82) is 0 Å². The minimum atomic E-state index is -0.133. The monoisotopic (exact) mass is 296 g/mol. The van der Waals surface area contributed by atoms with Crippen molar-refractivity contribution < 1.29 is 9.53 Å². The number of aryl methyl sites for hydroxylation is 1. The smallest absolute Gasteiger partial charge is 0.165 e. The lowest BCUT2D eigenvalue weighted by atomic mass is 10.1. The molecule has 0 saturated carbocycles. The summed E-state index contributed by atoms with van der Waals surface area (Å²) in [5.74, 6) is 0.954. The number of carbonyl (C=O) groups is 1. The fourth-order valence-electron chi connectivity index (χ4n) is 2.48. The SMILES string of the molecule is COc1ccc(-c2c(C)nn3c(N)c(C(C)=O)cnc23)cc1. The molecular weight excluding hydrogens is 280 g/mol. The number of fused-ring (bicyclic) bond motifs is 1. The van der Waals surface area contributed by atoms with Crippen LogP contribution in [0.1, 0.15) is 23.0 Å².